The molecule has 41 heavy (non-hydrogen) atoms. The van der Waals surface area contributed by atoms with Crippen molar-refractivity contribution in [3.8, 4) is 11.1 Å². The average Bonchev–Trinajstić information content (AvgIpc) is 3.28. The average molecular weight is 578 g/mol. The van der Waals surface area contributed by atoms with Crippen LogP contribution in [-0.4, -0.2) is 50.5 Å². The molecule has 3 aromatic rings. The number of aryl methyl sites for hydroxylation is 1. The maximum atomic E-state index is 13.1. The standard InChI is InChI=1S/C32H39N3O5S/c1-23(2)22-35(33-41(38,39)25-19-17-24(3)18-20-25)30(36)16-6-5-11-21-34(32(37)40-4)31-28-14-9-7-12-26(28)27-13-8-10-15-29(27)31/h7-10,12-15,17-20,23,31,33H,5-6,11,16,21-22H2,1-4H3. The molecule has 4 rings (SSSR count). The number of rotatable bonds is 12. The van der Waals surface area contributed by atoms with Gasteiger partial charge < -0.3 is 4.74 Å². The lowest BCUT2D eigenvalue weighted by molar-refractivity contribution is -0.133. The van der Waals surface area contributed by atoms with Crippen LogP contribution in [0.1, 0.15) is 62.3 Å². The van der Waals surface area contributed by atoms with Crippen molar-refractivity contribution in [2.45, 2.75) is 57.4 Å². The molecule has 0 unspecified atom stereocenters. The number of fused-ring (bicyclic) bond motifs is 3. The Bertz CT molecular complexity index is 1430. The van der Waals surface area contributed by atoms with Gasteiger partial charge in [-0.2, -0.15) is 0 Å². The fourth-order valence-electron chi connectivity index (χ4n) is 5.25. The van der Waals surface area contributed by atoms with Crippen LogP contribution in [0.5, 0.6) is 0 Å². The van der Waals surface area contributed by atoms with E-state index in [9.17, 15) is 18.0 Å². The summed E-state index contributed by atoms with van der Waals surface area (Å²) in [5.41, 5.74) is 5.32. The summed E-state index contributed by atoms with van der Waals surface area (Å²) in [5, 5.41) is 1.22. The van der Waals surface area contributed by atoms with Gasteiger partial charge in [-0.3, -0.25) is 14.7 Å². The van der Waals surface area contributed by atoms with Crippen LogP contribution in [0.25, 0.3) is 11.1 Å². The molecule has 0 aliphatic heterocycles. The molecule has 3 aromatic carbocycles. The normalized spacial score (nSPS) is 12.6. The molecule has 0 saturated carbocycles. The number of nitrogens with one attached hydrogen (secondary N) is 1. The van der Waals surface area contributed by atoms with Crippen LogP contribution >= 0.6 is 0 Å². The van der Waals surface area contributed by atoms with E-state index in [2.05, 4.69) is 29.1 Å². The number of methoxy groups -OCH3 is 1. The van der Waals surface area contributed by atoms with Crippen molar-refractivity contribution in [3.63, 3.8) is 0 Å². The van der Waals surface area contributed by atoms with Crippen molar-refractivity contribution in [1.82, 2.24) is 14.7 Å². The summed E-state index contributed by atoms with van der Waals surface area (Å²) in [7, 11) is -2.50. The fourth-order valence-corrected chi connectivity index (χ4v) is 6.31. The van der Waals surface area contributed by atoms with Crippen LogP contribution in [0.15, 0.2) is 77.7 Å². The number of unbranched alkanes of at least 4 members (excludes halogenated alkanes) is 2. The van der Waals surface area contributed by atoms with E-state index in [4.69, 9.17) is 4.74 Å². The smallest absolute Gasteiger partial charge is 0.410 e. The Labute approximate surface area is 243 Å². The number of benzene rings is 3. The number of nitrogens with zero attached hydrogens (tertiary/aromatic N) is 2. The van der Waals surface area contributed by atoms with Crippen LogP contribution in [0.3, 0.4) is 0 Å². The highest BCUT2D eigenvalue weighted by atomic mass is 32.2. The van der Waals surface area contributed by atoms with E-state index in [0.29, 0.717) is 25.8 Å². The third-order valence-corrected chi connectivity index (χ3v) is 8.58. The van der Waals surface area contributed by atoms with Gasteiger partial charge in [-0.1, -0.05) is 86.5 Å². The molecule has 0 fully saturated rings. The second kappa shape index (κ2) is 13.3. The van der Waals surface area contributed by atoms with Gasteiger partial charge in [-0.25, -0.2) is 13.2 Å². The number of carbonyl (C=O) groups excluding carboxylic acids is 2. The Kier molecular flexibility index (Phi) is 9.83. The van der Waals surface area contributed by atoms with Gasteiger partial charge >= 0.3 is 6.09 Å². The Balaban J connectivity index is 1.38. The van der Waals surface area contributed by atoms with Crippen LogP contribution in [0.2, 0.25) is 0 Å². The summed E-state index contributed by atoms with van der Waals surface area (Å²) in [6.07, 6.45) is 1.72. The van der Waals surface area contributed by atoms with Gasteiger partial charge in [0.1, 0.15) is 0 Å². The molecule has 8 nitrogen and oxygen atoms in total. The molecule has 0 bridgehead atoms. The summed E-state index contributed by atoms with van der Waals surface area (Å²) in [5.74, 6) is -0.205. The topological polar surface area (TPSA) is 96.0 Å². The molecular formula is C32H39N3O5S. The quantitative estimate of drug-likeness (QED) is 0.208. The highest BCUT2D eigenvalue weighted by Gasteiger charge is 2.35. The summed E-state index contributed by atoms with van der Waals surface area (Å²) in [6.45, 7) is 6.47. The first-order valence-electron chi connectivity index (χ1n) is 14.0. The molecule has 0 spiro atoms. The number of amides is 2. The molecule has 1 aliphatic rings. The van der Waals surface area contributed by atoms with E-state index >= 15 is 0 Å². The first-order valence-corrected chi connectivity index (χ1v) is 15.5. The molecule has 2 amide bonds. The molecular weight excluding hydrogens is 538 g/mol. The maximum absolute atomic E-state index is 13.1. The predicted molar refractivity (Wildman–Crippen MR) is 159 cm³/mol. The number of ether oxygens (including phenoxy) is 1. The van der Waals surface area contributed by atoms with E-state index in [1.807, 2.05) is 45.0 Å². The molecule has 0 atom stereocenters. The summed E-state index contributed by atoms with van der Waals surface area (Å²) in [6, 6.07) is 22.5. The zero-order valence-corrected chi connectivity index (χ0v) is 25.0. The van der Waals surface area contributed by atoms with Crippen molar-refractivity contribution in [1.29, 1.82) is 0 Å². The molecule has 0 radical (unpaired) electrons. The number of hydrazine groups is 1. The first kappa shape index (κ1) is 30.3. The van der Waals surface area contributed by atoms with E-state index in [1.165, 1.54) is 24.3 Å². The Morgan fingerprint density at radius 1 is 0.878 bits per heavy atom. The van der Waals surface area contributed by atoms with Crippen molar-refractivity contribution >= 4 is 22.0 Å². The van der Waals surface area contributed by atoms with Gasteiger partial charge in [0, 0.05) is 19.5 Å². The van der Waals surface area contributed by atoms with Crippen molar-refractivity contribution < 1.29 is 22.7 Å². The fraction of sp³-hybridized carbons (Fsp3) is 0.375. The summed E-state index contributed by atoms with van der Waals surface area (Å²) < 4.78 is 31.0. The molecule has 218 valence electrons. The lowest BCUT2D eigenvalue weighted by atomic mass is 10.0. The lowest BCUT2D eigenvalue weighted by Crippen LogP contribution is -2.47. The monoisotopic (exact) mass is 577 g/mol. The van der Waals surface area contributed by atoms with Gasteiger partial charge in [-0.15, -0.1) is 4.83 Å². The third kappa shape index (κ3) is 7.15. The molecule has 1 N–H and O–H groups in total. The van der Waals surface area contributed by atoms with Crippen LogP contribution in [0.4, 0.5) is 4.79 Å². The first-order chi connectivity index (χ1) is 19.6. The molecule has 0 aromatic heterocycles. The predicted octanol–water partition coefficient (Wildman–Crippen LogP) is 6.07. The van der Waals surface area contributed by atoms with Crippen LogP contribution in [0, 0.1) is 12.8 Å². The maximum Gasteiger partial charge on any atom is 0.410 e. The summed E-state index contributed by atoms with van der Waals surface area (Å²) in [4.78, 5) is 30.4. The van der Waals surface area contributed by atoms with Crippen LogP contribution in [-0.2, 0) is 19.6 Å². The largest absolute Gasteiger partial charge is 0.453 e. The van der Waals surface area contributed by atoms with Gasteiger partial charge in [0.15, 0.2) is 0 Å². The van der Waals surface area contributed by atoms with Crippen LogP contribution < -0.4 is 4.83 Å². The minimum atomic E-state index is -3.89. The molecule has 0 saturated heterocycles. The molecule has 0 heterocycles. The van der Waals surface area contributed by atoms with Gasteiger partial charge in [0.2, 0.25) is 5.91 Å². The van der Waals surface area contributed by atoms with Gasteiger partial charge in [0.05, 0.1) is 18.0 Å². The van der Waals surface area contributed by atoms with E-state index < -0.39 is 16.1 Å². The zero-order chi connectivity index (χ0) is 29.6. The lowest BCUT2D eigenvalue weighted by Gasteiger charge is -2.29. The second-order valence-corrected chi connectivity index (χ2v) is 12.5. The highest BCUT2D eigenvalue weighted by Crippen LogP contribution is 2.46. The third-order valence-electron chi connectivity index (χ3n) is 7.22. The van der Waals surface area contributed by atoms with E-state index in [1.54, 1.807) is 17.0 Å². The highest BCUT2D eigenvalue weighted by molar-refractivity contribution is 7.89. The minimum absolute atomic E-state index is 0.0745. The number of hydrogen-bond acceptors (Lipinski definition) is 5. The number of carbonyl (C=O) groups is 2. The Morgan fingerprint density at radius 2 is 1.46 bits per heavy atom. The molecule has 9 heteroatoms. The van der Waals surface area contributed by atoms with E-state index in [-0.39, 0.29) is 35.7 Å². The van der Waals surface area contributed by atoms with Crippen molar-refractivity contribution in [2.75, 3.05) is 20.2 Å². The second-order valence-electron chi connectivity index (χ2n) is 10.9. The van der Waals surface area contributed by atoms with E-state index in [0.717, 1.165) is 27.8 Å². The summed E-state index contributed by atoms with van der Waals surface area (Å²) >= 11 is 0. The Hall–Kier alpha value is -3.69. The number of hydrogen-bond donors (Lipinski definition) is 1. The van der Waals surface area contributed by atoms with Gasteiger partial charge in [0.25, 0.3) is 10.0 Å². The minimum Gasteiger partial charge on any atom is -0.453 e. The van der Waals surface area contributed by atoms with Crippen molar-refractivity contribution in [2.24, 2.45) is 5.92 Å². The van der Waals surface area contributed by atoms with Gasteiger partial charge in [-0.05, 0) is 60.1 Å². The Morgan fingerprint density at radius 3 is 2.02 bits per heavy atom. The zero-order valence-electron chi connectivity index (χ0n) is 24.2. The molecule has 1 aliphatic carbocycles. The SMILES string of the molecule is COC(=O)N(CCCCCC(=O)N(CC(C)C)NS(=O)(=O)c1ccc(C)cc1)C1c2ccccc2-c2ccccc21. The number of sulfonamides is 1. The van der Waals surface area contributed by atoms with Crippen molar-refractivity contribution in [3.05, 3.63) is 89.5 Å².